The van der Waals surface area contributed by atoms with E-state index in [-0.39, 0.29) is 17.4 Å². The van der Waals surface area contributed by atoms with Crippen molar-refractivity contribution in [1.29, 1.82) is 0 Å². The lowest BCUT2D eigenvalue weighted by Gasteiger charge is -2.10. The first-order chi connectivity index (χ1) is 8.71. The Morgan fingerprint density at radius 1 is 1.42 bits per heavy atom. The fourth-order valence-electron chi connectivity index (χ4n) is 1.37. The first-order valence-corrected chi connectivity index (χ1v) is 7.40. The summed E-state index contributed by atoms with van der Waals surface area (Å²) in [5, 5.41) is 8.66. The van der Waals surface area contributed by atoms with Gasteiger partial charge in [-0.3, -0.25) is 4.72 Å². The highest BCUT2D eigenvalue weighted by molar-refractivity contribution is 7.92. The average Bonchev–Trinajstić information content (AvgIpc) is 2.25. The van der Waals surface area contributed by atoms with E-state index in [1.807, 2.05) is 13.8 Å². The van der Waals surface area contributed by atoms with Crippen LogP contribution in [-0.2, 0) is 10.0 Å². The number of benzene rings is 1. The Balaban J connectivity index is 2.83. The van der Waals surface area contributed by atoms with Gasteiger partial charge >= 0.3 is 5.97 Å². The van der Waals surface area contributed by atoms with E-state index in [4.69, 9.17) is 5.11 Å². The van der Waals surface area contributed by atoms with Crippen LogP contribution in [0.3, 0.4) is 0 Å². The van der Waals surface area contributed by atoms with Gasteiger partial charge in [0.25, 0.3) is 0 Å². The minimum absolute atomic E-state index is 0.0197. The summed E-state index contributed by atoms with van der Waals surface area (Å²) in [6, 6.07) is 3.10. The Bertz CT molecular complexity index is 569. The second kappa shape index (κ2) is 6.01. The van der Waals surface area contributed by atoms with Crippen LogP contribution in [0.5, 0.6) is 0 Å². The number of carboxylic acid groups (broad SMARTS) is 1. The SMILES string of the molecule is CC(C)CCS(=O)(=O)Nc1ccc(C(=O)O)c(F)c1. The molecule has 0 aliphatic rings. The third kappa shape index (κ3) is 4.86. The molecule has 0 aliphatic heterocycles. The molecule has 1 rings (SSSR count). The molecule has 1 aromatic rings. The summed E-state index contributed by atoms with van der Waals surface area (Å²) in [6.07, 6.45) is 0.491. The van der Waals surface area contributed by atoms with Gasteiger partial charge in [0.1, 0.15) is 5.82 Å². The number of hydrogen-bond donors (Lipinski definition) is 2. The van der Waals surface area contributed by atoms with Crippen molar-refractivity contribution in [3.63, 3.8) is 0 Å². The van der Waals surface area contributed by atoms with Crippen LogP contribution in [0, 0.1) is 11.7 Å². The molecule has 1 aromatic carbocycles. The van der Waals surface area contributed by atoms with Gasteiger partial charge in [-0.05, 0) is 30.5 Å². The number of rotatable bonds is 6. The maximum atomic E-state index is 13.4. The predicted octanol–water partition coefficient (Wildman–Crippen LogP) is 2.31. The molecule has 0 aliphatic carbocycles. The van der Waals surface area contributed by atoms with Gasteiger partial charge in [0, 0.05) is 0 Å². The fourth-order valence-corrected chi connectivity index (χ4v) is 2.74. The molecule has 19 heavy (non-hydrogen) atoms. The van der Waals surface area contributed by atoms with Crippen LogP contribution in [0.15, 0.2) is 18.2 Å². The molecule has 0 spiro atoms. The molecule has 106 valence electrons. The smallest absolute Gasteiger partial charge is 0.338 e. The van der Waals surface area contributed by atoms with Crippen LogP contribution in [0.2, 0.25) is 0 Å². The van der Waals surface area contributed by atoms with Crippen LogP contribution >= 0.6 is 0 Å². The molecule has 0 aromatic heterocycles. The largest absolute Gasteiger partial charge is 0.478 e. The van der Waals surface area contributed by atoms with E-state index < -0.39 is 27.4 Å². The van der Waals surface area contributed by atoms with E-state index in [1.54, 1.807) is 0 Å². The van der Waals surface area contributed by atoms with Gasteiger partial charge in [0.15, 0.2) is 0 Å². The van der Waals surface area contributed by atoms with Gasteiger partial charge in [0.05, 0.1) is 17.0 Å². The molecule has 0 atom stereocenters. The molecule has 0 amide bonds. The second-order valence-corrected chi connectivity index (χ2v) is 6.45. The first kappa shape index (κ1) is 15.4. The monoisotopic (exact) mass is 289 g/mol. The Hall–Kier alpha value is -1.63. The summed E-state index contributed by atoms with van der Waals surface area (Å²) in [4.78, 5) is 10.6. The molecular formula is C12H16FNO4S. The van der Waals surface area contributed by atoms with Gasteiger partial charge in [-0.2, -0.15) is 0 Å². The van der Waals surface area contributed by atoms with Gasteiger partial charge in [-0.15, -0.1) is 0 Å². The Labute approximate surface area is 111 Å². The summed E-state index contributed by atoms with van der Waals surface area (Å²) < 4.78 is 39.0. The fraction of sp³-hybridized carbons (Fsp3) is 0.417. The van der Waals surface area contributed by atoms with Gasteiger partial charge < -0.3 is 5.11 Å². The second-order valence-electron chi connectivity index (χ2n) is 4.60. The highest BCUT2D eigenvalue weighted by atomic mass is 32.2. The van der Waals surface area contributed by atoms with Crippen molar-refractivity contribution in [2.45, 2.75) is 20.3 Å². The van der Waals surface area contributed by atoms with Crippen molar-refractivity contribution in [1.82, 2.24) is 0 Å². The summed E-state index contributed by atoms with van der Waals surface area (Å²) in [5.74, 6) is -2.20. The van der Waals surface area contributed by atoms with Crippen molar-refractivity contribution in [3.05, 3.63) is 29.6 Å². The van der Waals surface area contributed by atoms with E-state index in [0.717, 1.165) is 12.1 Å². The third-order valence-corrected chi connectivity index (χ3v) is 3.76. The van der Waals surface area contributed by atoms with E-state index in [2.05, 4.69) is 4.72 Å². The van der Waals surface area contributed by atoms with Crippen molar-refractivity contribution >= 4 is 21.7 Å². The van der Waals surface area contributed by atoms with Crippen molar-refractivity contribution in [2.75, 3.05) is 10.5 Å². The van der Waals surface area contributed by atoms with Crippen molar-refractivity contribution < 1.29 is 22.7 Å². The van der Waals surface area contributed by atoms with E-state index >= 15 is 0 Å². The topological polar surface area (TPSA) is 83.5 Å². The molecular weight excluding hydrogens is 273 g/mol. The standard InChI is InChI=1S/C12H16FNO4S/c1-8(2)5-6-19(17,18)14-9-3-4-10(12(15)16)11(13)7-9/h3-4,7-8,14H,5-6H2,1-2H3,(H,15,16). The lowest BCUT2D eigenvalue weighted by Crippen LogP contribution is -2.18. The maximum Gasteiger partial charge on any atom is 0.338 e. The number of nitrogens with one attached hydrogen (secondary N) is 1. The number of aromatic carboxylic acids is 1. The van der Waals surface area contributed by atoms with Crippen molar-refractivity contribution in [2.24, 2.45) is 5.92 Å². The van der Waals surface area contributed by atoms with E-state index in [1.165, 1.54) is 6.07 Å². The first-order valence-electron chi connectivity index (χ1n) is 5.74. The molecule has 0 saturated carbocycles. The molecule has 0 unspecified atom stereocenters. The number of sulfonamides is 1. The molecule has 7 heteroatoms. The lowest BCUT2D eigenvalue weighted by atomic mass is 10.2. The Morgan fingerprint density at radius 2 is 2.05 bits per heavy atom. The number of carboxylic acids is 1. The van der Waals surface area contributed by atoms with Crippen molar-refractivity contribution in [3.8, 4) is 0 Å². The summed E-state index contributed by atoms with van der Waals surface area (Å²) in [5.41, 5.74) is -0.476. The predicted molar refractivity (Wildman–Crippen MR) is 70.2 cm³/mol. The molecule has 0 saturated heterocycles. The van der Waals surface area contributed by atoms with Crippen LogP contribution in [0.25, 0.3) is 0 Å². The molecule has 0 radical (unpaired) electrons. The highest BCUT2D eigenvalue weighted by Gasteiger charge is 2.14. The normalized spacial score (nSPS) is 11.6. The minimum Gasteiger partial charge on any atom is -0.478 e. The maximum absolute atomic E-state index is 13.4. The molecule has 0 heterocycles. The Kier molecular flexibility index (Phi) is 4.88. The summed E-state index contributed by atoms with van der Waals surface area (Å²) in [6.45, 7) is 3.80. The highest BCUT2D eigenvalue weighted by Crippen LogP contribution is 2.16. The van der Waals surface area contributed by atoms with Gasteiger partial charge in [0.2, 0.25) is 10.0 Å². The molecule has 0 bridgehead atoms. The van der Waals surface area contributed by atoms with E-state index in [9.17, 15) is 17.6 Å². The number of carbonyl (C=O) groups is 1. The summed E-state index contributed by atoms with van der Waals surface area (Å²) >= 11 is 0. The molecule has 5 nitrogen and oxygen atoms in total. The zero-order valence-electron chi connectivity index (χ0n) is 10.7. The third-order valence-electron chi connectivity index (χ3n) is 2.44. The summed E-state index contributed by atoms with van der Waals surface area (Å²) in [7, 11) is -3.54. The average molecular weight is 289 g/mol. The molecule has 0 fully saturated rings. The number of hydrogen-bond acceptors (Lipinski definition) is 3. The number of halogens is 1. The van der Waals surface area contributed by atoms with Gasteiger partial charge in [-0.25, -0.2) is 17.6 Å². The van der Waals surface area contributed by atoms with Crippen LogP contribution in [0.4, 0.5) is 10.1 Å². The lowest BCUT2D eigenvalue weighted by molar-refractivity contribution is 0.0692. The van der Waals surface area contributed by atoms with Gasteiger partial charge in [-0.1, -0.05) is 13.8 Å². The zero-order chi connectivity index (χ0) is 14.6. The van der Waals surface area contributed by atoms with E-state index in [0.29, 0.717) is 6.42 Å². The van der Waals surface area contributed by atoms with Crippen LogP contribution in [0.1, 0.15) is 30.6 Å². The Morgan fingerprint density at radius 3 is 2.53 bits per heavy atom. The van der Waals surface area contributed by atoms with Crippen LogP contribution < -0.4 is 4.72 Å². The molecule has 2 N–H and O–H groups in total. The number of anilines is 1. The quantitative estimate of drug-likeness (QED) is 0.841. The van der Waals surface area contributed by atoms with Crippen LogP contribution in [-0.4, -0.2) is 25.2 Å². The minimum atomic E-state index is -3.54. The zero-order valence-corrected chi connectivity index (χ0v) is 11.5.